The smallest absolute Gasteiger partial charge is 0.203 e. The number of rotatable bonds is 5. The predicted molar refractivity (Wildman–Crippen MR) is 82.2 cm³/mol. The molecule has 2 aliphatic rings. The average Bonchev–Trinajstić information content (AvgIpc) is 3.06. The van der Waals surface area contributed by atoms with Crippen LogP contribution in [0.3, 0.4) is 0 Å². The van der Waals surface area contributed by atoms with Gasteiger partial charge in [0.1, 0.15) is 13.2 Å². The Morgan fingerprint density at radius 3 is 2.76 bits per heavy atom. The van der Waals surface area contributed by atoms with Crippen LogP contribution in [-0.4, -0.2) is 26.4 Å². The van der Waals surface area contributed by atoms with Crippen LogP contribution in [-0.2, 0) is 6.54 Å². The van der Waals surface area contributed by atoms with Crippen molar-refractivity contribution in [3.8, 4) is 17.2 Å². The highest BCUT2D eigenvalue weighted by molar-refractivity contribution is 5.54. The van der Waals surface area contributed by atoms with E-state index < -0.39 is 0 Å². The molecule has 0 spiro atoms. The van der Waals surface area contributed by atoms with Crippen molar-refractivity contribution < 1.29 is 14.2 Å². The normalized spacial score (nSPS) is 19.5. The van der Waals surface area contributed by atoms with Crippen LogP contribution in [0.5, 0.6) is 17.2 Å². The zero-order valence-corrected chi connectivity index (χ0v) is 13.0. The van der Waals surface area contributed by atoms with E-state index in [9.17, 15) is 0 Å². The highest BCUT2D eigenvalue weighted by atomic mass is 16.6. The minimum absolute atomic E-state index is 0.562. The van der Waals surface area contributed by atoms with E-state index in [0.717, 1.165) is 29.7 Å². The van der Waals surface area contributed by atoms with Crippen LogP contribution in [0, 0.1) is 5.92 Å². The molecule has 0 unspecified atom stereocenters. The van der Waals surface area contributed by atoms with Crippen molar-refractivity contribution in [2.75, 3.05) is 20.3 Å². The molecule has 0 aromatic heterocycles. The number of ether oxygens (including phenoxy) is 3. The van der Waals surface area contributed by atoms with Crippen LogP contribution < -0.4 is 19.5 Å². The molecular formula is C17H25NO3. The lowest BCUT2D eigenvalue weighted by atomic mass is 9.99. The van der Waals surface area contributed by atoms with Gasteiger partial charge in [-0.1, -0.05) is 12.8 Å². The highest BCUT2D eigenvalue weighted by Gasteiger charge is 2.22. The maximum Gasteiger partial charge on any atom is 0.203 e. The molecule has 4 heteroatoms. The molecule has 0 bridgehead atoms. The van der Waals surface area contributed by atoms with E-state index in [1.165, 1.54) is 31.2 Å². The second-order valence-corrected chi connectivity index (χ2v) is 6.04. The zero-order chi connectivity index (χ0) is 14.7. The van der Waals surface area contributed by atoms with Gasteiger partial charge >= 0.3 is 0 Å². The Bertz CT molecular complexity index is 466. The molecule has 1 heterocycles. The molecule has 3 rings (SSSR count). The first-order valence-electron chi connectivity index (χ1n) is 7.98. The molecule has 1 fully saturated rings. The van der Waals surface area contributed by atoms with Gasteiger partial charge in [0.05, 0.1) is 7.11 Å². The summed E-state index contributed by atoms with van der Waals surface area (Å²) in [5, 5.41) is 3.65. The summed E-state index contributed by atoms with van der Waals surface area (Å²) in [5.41, 5.74) is 1.18. The fourth-order valence-corrected chi connectivity index (χ4v) is 3.33. The molecule has 1 N–H and O–H groups in total. The summed E-state index contributed by atoms with van der Waals surface area (Å²) in [6.45, 7) is 4.32. The lowest BCUT2D eigenvalue weighted by Crippen LogP contribution is -2.31. The van der Waals surface area contributed by atoms with Crippen molar-refractivity contribution >= 4 is 0 Å². The Labute approximate surface area is 126 Å². The maximum atomic E-state index is 5.68. The van der Waals surface area contributed by atoms with Crippen LogP contribution in [0.2, 0.25) is 0 Å². The summed E-state index contributed by atoms with van der Waals surface area (Å²) in [7, 11) is 1.67. The van der Waals surface area contributed by atoms with Crippen molar-refractivity contribution in [2.24, 2.45) is 5.92 Å². The standard InChI is InChI=1S/C17H25NO3/c1-12(14-5-3-4-6-14)18-11-13-9-15(19-2)17-16(10-13)20-7-8-21-17/h9-10,12,14,18H,3-8,11H2,1-2H3/t12-/m0/s1. The minimum atomic E-state index is 0.562. The molecule has 1 atom stereocenters. The van der Waals surface area contributed by atoms with Gasteiger partial charge in [-0.15, -0.1) is 0 Å². The average molecular weight is 291 g/mol. The Balaban J connectivity index is 1.67. The number of methoxy groups -OCH3 is 1. The van der Waals surface area contributed by atoms with Gasteiger partial charge in [0.2, 0.25) is 5.75 Å². The third-order valence-corrected chi connectivity index (χ3v) is 4.62. The number of fused-ring (bicyclic) bond motifs is 1. The molecule has 1 aliphatic heterocycles. The van der Waals surface area contributed by atoms with Crippen molar-refractivity contribution in [2.45, 2.75) is 45.2 Å². The highest BCUT2D eigenvalue weighted by Crippen LogP contribution is 2.40. The fraction of sp³-hybridized carbons (Fsp3) is 0.647. The Hall–Kier alpha value is -1.42. The van der Waals surface area contributed by atoms with Crippen LogP contribution in [0.1, 0.15) is 38.2 Å². The van der Waals surface area contributed by atoms with Crippen molar-refractivity contribution in [1.82, 2.24) is 5.32 Å². The van der Waals surface area contributed by atoms with Gasteiger partial charge in [-0.3, -0.25) is 0 Å². The van der Waals surface area contributed by atoms with Crippen molar-refractivity contribution in [1.29, 1.82) is 0 Å². The summed E-state index contributed by atoms with van der Waals surface area (Å²) in [5.74, 6) is 3.11. The first kappa shape index (κ1) is 14.5. The van der Waals surface area contributed by atoms with Crippen molar-refractivity contribution in [3.05, 3.63) is 17.7 Å². The molecule has 116 valence electrons. The monoisotopic (exact) mass is 291 g/mol. The first-order chi connectivity index (χ1) is 10.3. The van der Waals surface area contributed by atoms with Crippen LogP contribution in [0.4, 0.5) is 0 Å². The fourth-order valence-electron chi connectivity index (χ4n) is 3.33. The van der Waals surface area contributed by atoms with E-state index in [-0.39, 0.29) is 0 Å². The van der Waals surface area contributed by atoms with Gasteiger partial charge in [-0.2, -0.15) is 0 Å². The van der Waals surface area contributed by atoms with E-state index in [4.69, 9.17) is 14.2 Å². The predicted octanol–water partition coefficient (Wildman–Crippen LogP) is 3.13. The van der Waals surface area contributed by atoms with E-state index in [2.05, 4.69) is 18.3 Å². The summed E-state index contributed by atoms with van der Waals surface area (Å²) >= 11 is 0. The summed E-state index contributed by atoms with van der Waals surface area (Å²) in [4.78, 5) is 0. The lowest BCUT2D eigenvalue weighted by Gasteiger charge is -2.23. The minimum Gasteiger partial charge on any atom is -0.493 e. The molecule has 4 nitrogen and oxygen atoms in total. The molecule has 21 heavy (non-hydrogen) atoms. The van der Waals surface area contributed by atoms with Crippen molar-refractivity contribution in [3.63, 3.8) is 0 Å². The molecule has 0 amide bonds. The number of hydrogen-bond donors (Lipinski definition) is 1. The van der Waals surface area contributed by atoms with E-state index >= 15 is 0 Å². The van der Waals surface area contributed by atoms with Crippen LogP contribution in [0.15, 0.2) is 12.1 Å². The van der Waals surface area contributed by atoms with Gasteiger partial charge < -0.3 is 19.5 Å². The number of benzene rings is 1. The summed E-state index contributed by atoms with van der Waals surface area (Å²) < 4.78 is 16.7. The SMILES string of the molecule is COc1cc(CN[C@@H](C)C2CCCC2)cc2c1OCCO2. The molecule has 0 saturated heterocycles. The Morgan fingerprint density at radius 1 is 1.24 bits per heavy atom. The molecular weight excluding hydrogens is 266 g/mol. The third-order valence-electron chi connectivity index (χ3n) is 4.62. The van der Waals surface area contributed by atoms with Gasteiger partial charge in [-0.05, 0) is 43.4 Å². The zero-order valence-electron chi connectivity index (χ0n) is 13.0. The van der Waals surface area contributed by atoms with Gasteiger partial charge in [0, 0.05) is 12.6 Å². The topological polar surface area (TPSA) is 39.7 Å². The maximum absolute atomic E-state index is 5.68. The molecule has 1 aromatic rings. The van der Waals surface area contributed by atoms with E-state index in [1.54, 1.807) is 7.11 Å². The van der Waals surface area contributed by atoms with Gasteiger partial charge in [0.15, 0.2) is 11.5 Å². The quantitative estimate of drug-likeness (QED) is 0.904. The first-order valence-corrected chi connectivity index (χ1v) is 7.98. The molecule has 1 aromatic carbocycles. The van der Waals surface area contributed by atoms with Crippen LogP contribution in [0.25, 0.3) is 0 Å². The second kappa shape index (κ2) is 6.56. The van der Waals surface area contributed by atoms with Gasteiger partial charge in [0.25, 0.3) is 0 Å². The Morgan fingerprint density at radius 2 is 2.00 bits per heavy atom. The molecule has 1 saturated carbocycles. The molecule has 1 aliphatic carbocycles. The third kappa shape index (κ3) is 3.26. The molecule has 0 radical (unpaired) electrons. The summed E-state index contributed by atoms with van der Waals surface area (Å²) in [6, 6.07) is 4.67. The number of hydrogen-bond acceptors (Lipinski definition) is 4. The summed E-state index contributed by atoms with van der Waals surface area (Å²) in [6.07, 6.45) is 5.49. The lowest BCUT2D eigenvalue weighted by molar-refractivity contribution is 0.165. The second-order valence-electron chi connectivity index (χ2n) is 6.04. The van der Waals surface area contributed by atoms with E-state index in [0.29, 0.717) is 19.3 Å². The largest absolute Gasteiger partial charge is 0.493 e. The Kier molecular flexibility index (Phi) is 4.54. The van der Waals surface area contributed by atoms with Gasteiger partial charge in [-0.25, -0.2) is 0 Å². The number of nitrogens with one attached hydrogen (secondary N) is 1. The van der Waals surface area contributed by atoms with Crippen LogP contribution >= 0.6 is 0 Å². The van der Waals surface area contributed by atoms with E-state index in [1.807, 2.05) is 6.07 Å².